The molecule has 156 valence electrons. The molecule has 0 aliphatic rings. The first-order valence-corrected chi connectivity index (χ1v) is 10.8. The SMILES string of the molecule is CC(C)NC(=O)c1ccccc1NC(=O)C(C)N(c1ccccc1F)S(C)(=O)=O. The zero-order valence-corrected chi connectivity index (χ0v) is 17.5. The maximum Gasteiger partial charge on any atom is 0.253 e. The third-order valence-corrected chi connectivity index (χ3v) is 5.26. The molecule has 29 heavy (non-hydrogen) atoms. The van der Waals surface area contributed by atoms with Crippen molar-refractivity contribution < 1.29 is 22.4 Å². The van der Waals surface area contributed by atoms with Gasteiger partial charge in [0.2, 0.25) is 15.9 Å². The number of anilines is 2. The molecule has 0 aliphatic carbocycles. The molecule has 2 aromatic carbocycles. The summed E-state index contributed by atoms with van der Waals surface area (Å²) in [4.78, 5) is 25.2. The first-order valence-electron chi connectivity index (χ1n) is 8.97. The topological polar surface area (TPSA) is 95.6 Å². The zero-order valence-electron chi connectivity index (χ0n) is 16.6. The first kappa shape index (κ1) is 22.4. The summed E-state index contributed by atoms with van der Waals surface area (Å²) in [7, 11) is -3.97. The number of hydrogen-bond acceptors (Lipinski definition) is 4. The monoisotopic (exact) mass is 421 g/mol. The molecule has 0 spiro atoms. The second-order valence-corrected chi connectivity index (χ2v) is 8.71. The van der Waals surface area contributed by atoms with Gasteiger partial charge in [-0.2, -0.15) is 0 Å². The number of amides is 2. The molecule has 0 saturated carbocycles. The van der Waals surface area contributed by atoms with Crippen molar-refractivity contribution in [1.29, 1.82) is 0 Å². The summed E-state index contributed by atoms with van der Waals surface area (Å²) in [5, 5.41) is 5.31. The number of hydrogen-bond donors (Lipinski definition) is 2. The third kappa shape index (κ3) is 5.54. The Morgan fingerprint density at radius 3 is 2.17 bits per heavy atom. The van der Waals surface area contributed by atoms with Crippen LogP contribution in [0.25, 0.3) is 0 Å². The van der Waals surface area contributed by atoms with E-state index in [0.29, 0.717) is 4.31 Å². The first-order chi connectivity index (χ1) is 13.5. The highest BCUT2D eigenvalue weighted by Crippen LogP contribution is 2.25. The van der Waals surface area contributed by atoms with E-state index in [4.69, 9.17) is 0 Å². The number of para-hydroxylation sites is 2. The summed E-state index contributed by atoms with van der Waals surface area (Å²) in [5.41, 5.74) is 0.228. The normalized spacial score (nSPS) is 12.3. The minimum Gasteiger partial charge on any atom is -0.350 e. The van der Waals surface area contributed by atoms with Gasteiger partial charge in [0.15, 0.2) is 0 Å². The van der Waals surface area contributed by atoms with Crippen molar-refractivity contribution in [2.75, 3.05) is 15.9 Å². The Morgan fingerprint density at radius 2 is 1.59 bits per heavy atom. The van der Waals surface area contributed by atoms with Crippen molar-refractivity contribution in [3.05, 3.63) is 59.9 Å². The molecule has 0 radical (unpaired) electrons. The lowest BCUT2D eigenvalue weighted by atomic mass is 10.1. The summed E-state index contributed by atoms with van der Waals surface area (Å²) in [6.45, 7) is 4.96. The average molecular weight is 421 g/mol. The lowest BCUT2D eigenvalue weighted by Crippen LogP contribution is -2.46. The molecule has 1 unspecified atom stereocenters. The second-order valence-electron chi connectivity index (χ2n) is 6.85. The third-order valence-electron chi connectivity index (χ3n) is 4.03. The van der Waals surface area contributed by atoms with E-state index in [1.54, 1.807) is 32.0 Å². The van der Waals surface area contributed by atoms with Gasteiger partial charge >= 0.3 is 0 Å². The summed E-state index contributed by atoms with van der Waals surface area (Å²) >= 11 is 0. The minimum atomic E-state index is -3.97. The van der Waals surface area contributed by atoms with Gasteiger partial charge in [-0.05, 0) is 45.0 Å². The molecule has 1 atom stereocenters. The standard InChI is InChI=1S/C20H24FN3O4S/c1-13(2)22-20(26)15-9-5-7-11-17(15)23-19(25)14(3)24(29(4,27)28)18-12-8-6-10-16(18)21/h5-14H,1-4H3,(H,22,26)(H,23,25). The van der Waals surface area contributed by atoms with Crippen LogP contribution in [0.4, 0.5) is 15.8 Å². The molecule has 7 nitrogen and oxygen atoms in total. The molecule has 0 heterocycles. The van der Waals surface area contributed by atoms with Crippen LogP contribution in [0.15, 0.2) is 48.5 Å². The van der Waals surface area contributed by atoms with Crippen LogP contribution in [0.3, 0.4) is 0 Å². The molecule has 0 aliphatic heterocycles. The molecular formula is C20H24FN3O4S. The number of carbonyl (C=O) groups excluding carboxylic acids is 2. The number of carbonyl (C=O) groups is 2. The van der Waals surface area contributed by atoms with Gasteiger partial charge in [0, 0.05) is 6.04 Å². The van der Waals surface area contributed by atoms with E-state index in [0.717, 1.165) is 12.3 Å². The van der Waals surface area contributed by atoms with Crippen molar-refractivity contribution in [2.45, 2.75) is 32.9 Å². The van der Waals surface area contributed by atoms with Crippen molar-refractivity contribution >= 4 is 33.2 Å². The van der Waals surface area contributed by atoms with Crippen LogP contribution >= 0.6 is 0 Å². The molecule has 2 amide bonds. The molecule has 0 fully saturated rings. The molecular weight excluding hydrogens is 397 g/mol. The smallest absolute Gasteiger partial charge is 0.253 e. The Morgan fingerprint density at radius 1 is 1.00 bits per heavy atom. The van der Waals surface area contributed by atoms with Crippen molar-refractivity contribution in [1.82, 2.24) is 5.32 Å². The number of sulfonamides is 1. The molecule has 2 aromatic rings. The van der Waals surface area contributed by atoms with E-state index >= 15 is 0 Å². The Hall–Kier alpha value is -2.94. The van der Waals surface area contributed by atoms with Gasteiger partial charge < -0.3 is 10.6 Å². The van der Waals surface area contributed by atoms with Crippen LogP contribution in [-0.2, 0) is 14.8 Å². The zero-order chi connectivity index (χ0) is 21.8. The van der Waals surface area contributed by atoms with E-state index < -0.39 is 27.8 Å². The number of rotatable bonds is 7. The predicted octanol–water partition coefficient (Wildman–Crippen LogP) is 2.76. The second kappa shape index (κ2) is 9.04. The van der Waals surface area contributed by atoms with Crippen LogP contribution in [0.5, 0.6) is 0 Å². The van der Waals surface area contributed by atoms with Crippen LogP contribution in [0, 0.1) is 5.82 Å². The maximum atomic E-state index is 14.2. The predicted molar refractivity (Wildman–Crippen MR) is 111 cm³/mol. The summed E-state index contributed by atoms with van der Waals surface area (Å²) < 4.78 is 39.5. The summed E-state index contributed by atoms with van der Waals surface area (Å²) in [6.07, 6.45) is 0.896. The molecule has 9 heteroatoms. The van der Waals surface area contributed by atoms with Gasteiger partial charge in [-0.1, -0.05) is 24.3 Å². The highest BCUT2D eigenvalue weighted by atomic mass is 32.2. The Balaban J connectivity index is 2.35. The van der Waals surface area contributed by atoms with Crippen molar-refractivity contribution in [3.63, 3.8) is 0 Å². The highest BCUT2D eigenvalue weighted by Gasteiger charge is 2.31. The van der Waals surface area contributed by atoms with Gasteiger partial charge in [0.25, 0.3) is 5.91 Å². The van der Waals surface area contributed by atoms with Crippen LogP contribution < -0.4 is 14.9 Å². The molecule has 2 N–H and O–H groups in total. The number of nitrogens with zero attached hydrogens (tertiary/aromatic N) is 1. The molecule has 0 saturated heterocycles. The van der Waals surface area contributed by atoms with E-state index in [1.807, 2.05) is 0 Å². The largest absolute Gasteiger partial charge is 0.350 e. The molecule has 0 bridgehead atoms. The Kier molecular flexibility index (Phi) is 6.97. The maximum absolute atomic E-state index is 14.2. The van der Waals surface area contributed by atoms with E-state index in [2.05, 4.69) is 10.6 Å². The van der Waals surface area contributed by atoms with Gasteiger partial charge in [-0.3, -0.25) is 13.9 Å². The fourth-order valence-corrected chi connectivity index (χ4v) is 3.95. The number of halogens is 1. The average Bonchev–Trinajstić information content (AvgIpc) is 2.62. The van der Waals surface area contributed by atoms with Gasteiger partial charge in [0.05, 0.1) is 23.2 Å². The van der Waals surface area contributed by atoms with Crippen molar-refractivity contribution in [3.8, 4) is 0 Å². The fraction of sp³-hybridized carbons (Fsp3) is 0.300. The Labute approximate surface area is 170 Å². The molecule has 0 aromatic heterocycles. The molecule has 2 rings (SSSR count). The van der Waals surface area contributed by atoms with Crippen LogP contribution in [0.1, 0.15) is 31.1 Å². The quantitative estimate of drug-likeness (QED) is 0.719. The Bertz CT molecular complexity index is 1010. The van der Waals surface area contributed by atoms with Gasteiger partial charge in [-0.25, -0.2) is 12.8 Å². The van der Waals surface area contributed by atoms with Crippen LogP contribution in [-0.4, -0.2) is 38.6 Å². The van der Waals surface area contributed by atoms with Gasteiger partial charge in [0.1, 0.15) is 11.9 Å². The lowest BCUT2D eigenvalue weighted by Gasteiger charge is -2.28. The van der Waals surface area contributed by atoms with E-state index in [-0.39, 0.29) is 28.9 Å². The highest BCUT2D eigenvalue weighted by molar-refractivity contribution is 7.92. The summed E-state index contributed by atoms with van der Waals surface area (Å²) in [6, 6.07) is 10.3. The fourth-order valence-electron chi connectivity index (χ4n) is 2.78. The summed E-state index contributed by atoms with van der Waals surface area (Å²) in [5.74, 6) is -1.85. The lowest BCUT2D eigenvalue weighted by molar-refractivity contribution is -0.116. The van der Waals surface area contributed by atoms with Gasteiger partial charge in [-0.15, -0.1) is 0 Å². The number of benzene rings is 2. The van der Waals surface area contributed by atoms with E-state index in [1.165, 1.54) is 31.2 Å². The van der Waals surface area contributed by atoms with Crippen molar-refractivity contribution in [2.24, 2.45) is 0 Å². The van der Waals surface area contributed by atoms with Crippen LogP contribution in [0.2, 0.25) is 0 Å². The van der Waals surface area contributed by atoms with E-state index in [9.17, 15) is 22.4 Å². The minimum absolute atomic E-state index is 0.105. The number of nitrogens with one attached hydrogen (secondary N) is 2.